The molecule has 0 radical (unpaired) electrons. The monoisotopic (exact) mass is 827 g/mol. The quantitative estimate of drug-likeness (QED) is 0.176. The molecule has 0 unspecified atom stereocenters. The van der Waals surface area contributed by atoms with Crippen LogP contribution in [-0.4, -0.2) is 19.5 Å². The number of hydrogen-bond acceptors (Lipinski definition) is 5. The predicted molar refractivity (Wildman–Crippen MR) is 259 cm³/mol. The van der Waals surface area contributed by atoms with Gasteiger partial charge in [-0.1, -0.05) is 170 Å². The minimum Gasteiger partial charge on any atom is -0.454 e. The molecule has 0 aliphatic heterocycles. The van der Waals surface area contributed by atoms with Crippen molar-refractivity contribution in [3.63, 3.8) is 0 Å². The smallest absolute Gasteiger partial charge is 0.166 e. The normalized spacial score (nSPS) is 13.0. The molecule has 65 heavy (non-hydrogen) atoms. The summed E-state index contributed by atoms with van der Waals surface area (Å²) >= 11 is 0. The van der Waals surface area contributed by atoms with Crippen LogP contribution in [0.4, 0.5) is 0 Å². The molecule has 14 rings (SSSR count). The average molecular weight is 828 g/mol. The summed E-state index contributed by atoms with van der Waals surface area (Å²) in [6.07, 6.45) is 0. The summed E-state index contributed by atoms with van der Waals surface area (Å²) in [5.74, 6) is 1.44. The molecule has 0 fully saturated rings. The van der Waals surface area contributed by atoms with Crippen molar-refractivity contribution in [1.29, 1.82) is 5.26 Å². The van der Waals surface area contributed by atoms with E-state index in [1.165, 1.54) is 44.5 Å². The highest BCUT2D eigenvalue weighted by molar-refractivity contribution is 6.18. The van der Waals surface area contributed by atoms with Crippen LogP contribution >= 0.6 is 0 Å². The maximum absolute atomic E-state index is 11.3. The standard InChI is InChI=1S/C59H33N5O/c60-34-37-31-51(55-54(42-25-11-16-30-52(42)65-55)53(37)58-62-56(35-17-3-1-4-18-35)61-57(63-58)36-19-5-2-6-20-36)64-49-29-15-10-24-41(49)44-32-48-43(33-50(44)64)40-23-9-14-28-47(40)59(48)45-26-12-7-21-38(45)39-22-8-13-27-46(39)59/h1-33H. The fourth-order valence-electron chi connectivity index (χ4n) is 11.1. The van der Waals surface area contributed by atoms with Crippen LogP contribution < -0.4 is 0 Å². The van der Waals surface area contributed by atoms with E-state index in [0.29, 0.717) is 39.8 Å². The van der Waals surface area contributed by atoms with E-state index < -0.39 is 5.41 Å². The maximum Gasteiger partial charge on any atom is 0.166 e. The van der Waals surface area contributed by atoms with Crippen molar-refractivity contribution in [3.05, 3.63) is 228 Å². The van der Waals surface area contributed by atoms with Gasteiger partial charge in [-0.05, 0) is 74.8 Å². The van der Waals surface area contributed by atoms with Crippen molar-refractivity contribution in [3.8, 4) is 68.2 Å². The Bertz CT molecular complexity index is 3920. The molecule has 2 aliphatic rings. The van der Waals surface area contributed by atoms with Gasteiger partial charge in [0.05, 0.1) is 33.8 Å². The molecule has 9 aromatic carbocycles. The summed E-state index contributed by atoms with van der Waals surface area (Å²) in [4.78, 5) is 15.3. The molecule has 3 heterocycles. The van der Waals surface area contributed by atoms with Crippen LogP contribution in [0.3, 0.4) is 0 Å². The molecule has 12 aromatic rings. The molecular formula is C59H33N5O. The van der Waals surface area contributed by atoms with Crippen molar-refractivity contribution < 1.29 is 4.42 Å². The lowest BCUT2D eigenvalue weighted by atomic mass is 9.70. The Kier molecular flexibility index (Phi) is 7.29. The number of furan rings is 1. The van der Waals surface area contributed by atoms with Crippen LogP contribution in [0.2, 0.25) is 0 Å². The maximum atomic E-state index is 11.3. The summed E-state index contributed by atoms with van der Waals surface area (Å²) in [5.41, 5.74) is 16.5. The van der Waals surface area contributed by atoms with Gasteiger partial charge in [0.15, 0.2) is 23.1 Å². The number of hydrogen-bond donors (Lipinski definition) is 0. The summed E-state index contributed by atoms with van der Waals surface area (Å²) in [7, 11) is 0. The zero-order chi connectivity index (χ0) is 42.8. The van der Waals surface area contributed by atoms with Gasteiger partial charge < -0.3 is 8.98 Å². The fourth-order valence-corrected chi connectivity index (χ4v) is 11.1. The highest BCUT2D eigenvalue weighted by Crippen LogP contribution is 2.63. The van der Waals surface area contributed by atoms with Gasteiger partial charge in [0.25, 0.3) is 0 Å². The Labute approximate surface area is 373 Å². The van der Waals surface area contributed by atoms with Crippen molar-refractivity contribution in [2.24, 2.45) is 0 Å². The van der Waals surface area contributed by atoms with E-state index >= 15 is 0 Å². The average Bonchev–Trinajstić information content (AvgIpc) is 4.09. The largest absolute Gasteiger partial charge is 0.454 e. The highest BCUT2D eigenvalue weighted by atomic mass is 16.3. The van der Waals surface area contributed by atoms with Crippen molar-refractivity contribution >= 4 is 43.7 Å². The van der Waals surface area contributed by atoms with Crippen molar-refractivity contribution in [2.45, 2.75) is 5.41 Å². The number of para-hydroxylation sites is 2. The second-order valence-corrected chi connectivity index (χ2v) is 16.9. The third-order valence-electron chi connectivity index (χ3n) is 13.7. The predicted octanol–water partition coefficient (Wildman–Crippen LogP) is 14.1. The van der Waals surface area contributed by atoms with Crippen molar-refractivity contribution in [1.82, 2.24) is 19.5 Å². The van der Waals surface area contributed by atoms with Gasteiger partial charge in [-0.3, -0.25) is 0 Å². The third-order valence-corrected chi connectivity index (χ3v) is 13.7. The van der Waals surface area contributed by atoms with E-state index in [-0.39, 0.29) is 0 Å². The molecule has 0 saturated heterocycles. The highest BCUT2D eigenvalue weighted by Gasteiger charge is 2.51. The zero-order valence-electron chi connectivity index (χ0n) is 34.7. The zero-order valence-corrected chi connectivity index (χ0v) is 34.7. The molecule has 0 N–H and O–H groups in total. The van der Waals surface area contributed by atoms with E-state index in [9.17, 15) is 5.26 Å². The molecule has 0 amide bonds. The lowest BCUT2D eigenvalue weighted by Gasteiger charge is -2.30. The number of benzene rings is 9. The van der Waals surface area contributed by atoms with Gasteiger partial charge in [0, 0.05) is 38.2 Å². The molecule has 1 spiro atoms. The fraction of sp³-hybridized carbons (Fsp3) is 0.0169. The number of aromatic nitrogens is 4. The lowest BCUT2D eigenvalue weighted by Crippen LogP contribution is -2.25. The summed E-state index contributed by atoms with van der Waals surface area (Å²) in [6.45, 7) is 0. The minimum atomic E-state index is -0.486. The first-order valence-electron chi connectivity index (χ1n) is 21.8. The molecule has 0 saturated carbocycles. The molecule has 3 aromatic heterocycles. The molecule has 0 atom stereocenters. The van der Waals surface area contributed by atoms with Crippen LogP contribution in [0, 0.1) is 11.3 Å². The van der Waals surface area contributed by atoms with E-state index in [1.54, 1.807) is 0 Å². The van der Waals surface area contributed by atoms with Gasteiger partial charge in [-0.15, -0.1) is 0 Å². The minimum absolute atomic E-state index is 0.399. The van der Waals surface area contributed by atoms with Gasteiger partial charge in [-0.2, -0.15) is 5.26 Å². The Hall–Kier alpha value is -8.92. The van der Waals surface area contributed by atoms with Crippen molar-refractivity contribution in [2.75, 3.05) is 0 Å². The molecule has 300 valence electrons. The van der Waals surface area contributed by atoms with Crippen LogP contribution in [0.5, 0.6) is 0 Å². The van der Waals surface area contributed by atoms with E-state index in [4.69, 9.17) is 19.4 Å². The van der Waals surface area contributed by atoms with E-state index in [1.807, 2.05) is 84.9 Å². The molecule has 2 aliphatic carbocycles. The van der Waals surface area contributed by atoms with Gasteiger partial charge in [0.2, 0.25) is 0 Å². The van der Waals surface area contributed by atoms with Crippen LogP contribution in [0.15, 0.2) is 205 Å². The van der Waals surface area contributed by atoms with E-state index in [2.05, 4.69) is 126 Å². The second kappa shape index (κ2) is 13.3. The van der Waals surface area contributed by atoms with Gasteiger partial charge >= 0.3 is 0 Å². The summed E-state index contributed by atoms with van der Waals surface area (Å²) in [5, 5.41) is 15.2. The van der Waals surface area contributed by atoms with Crippen LogP contribution in [0.25, 0.3) is 106 Å². The first-order valence-corrected chi connectivity index (χ1v) is 21.8. The summed E-state index contributed by atoms with van der Waals surface area (Å²) in [6, 6.07) is 72.6. The van der Waals surface area contributed by atoms with Gasteiger partial charge in [-0.25, -0.2) is 15.0 Å². The van der Waals surface area contributed by atoms with Crippen LogP contribution in [0.1, 0.15) is 27.8 Å². The SMILES string of the molecule is N#Cc1cc(-n2c3ccccc3c3cc4c(cc32)-c2ccccc2C42c3ccccc3-c3ccccc32)c2oc3ccccc3c2c1-c1nc(-c2ccccc2)nc(-c2ccccc2)n1. The first-order chi connectivity index (χ1) is 32.2. The third kappa shape index (κ3) is 4.79. The lowest BCUT2D eigenvalue weighted by molar-refractivity contribution is 0.666. The first kappa shape index (κ1) is 35.7. The van der Waals surface area contributed by atoms with Crippen LogP contribution in [-0.2, 0) is 5.41 Å². The second-order valence-electron chi connectivity index (χ2n) is 16.9. The molecule has 0 bridgehead atoms. The topological polar surface area (TPSA) is 80.5 Å². The molecule has 6 heteroatoms. The Balaban J connectivity index is 1.09. The summed E-state index contributed by atoms with van der Waals surface area (Å²) < 4.78 is 9.29. The molecular weight excluding hydrogens is 795 g/mol. The number of fused-ring (bicyclic) bond motifs is 16. The Morgan fingerprint density at radius 2 is 0.969 bits per heavy atom. The Morgan fingerprint density at radius 3 is 1.60 bits per heavy atom. The van der Waals surface area contributed by atoms with Gasteiger partial charge in [0.1, 0.15) is 5.58 Å². The molecule has 6 nitrogen and oxygen atoms in total. The number of nitrogens with zero attached hydrogens (tertiary/aromatic N) is 5. The number of nitriles is 1. The van der Waals surface area contributed by atoms with E-state index in [0.717, 1.165) is 49.4 Å². The Morgan fingerprint density at radius 1 is 0.446 bits per heavy atom. The number of rotatable bonds is 4.